The maximum absolute atomic E-state index is 10.1. The number of phenols is 1. The lowest BCUT2D eigenvalue weighted by atomic mass is 10.1. The Balaban J connectivity index is 2.08. The number of aromatic nitrogens is 2. The highest BCUT2D eigenvalue weighted by molar-refractivity contribution is 5.91. The second-order valence-electron chi connectivity index (χ2n) is 6.03. The van der Waals surface area contributed by atoms with E-state index in [1.807, 2.05) is 30.3 Å². The lowest BCUT2D eigenvalue weighted by molar-refractivity contribution is 0.477. The van der Waals surface area contributed by atoms with Crippen LogP contribution < -0.4 is 4.90 Å². The number of para-hydroxylation sites is 2. The number of unbranched alkanes of at least 4 members (excludes halogenated alkanes) is 2. The summed E-state index contributed by atoms with van der Waals surface area (Å²) >= 11 is 0. The van der Waals surface area contributed by atoms with Crippen LogP contribution in [0.1, 0.15) is 26.2 Å². The molecule has 3 aromatic rings. The van der Waals surface area contributed by atoms with Gasteiger partial charge in [-0.1, -0.05) is 44.0 Å². The Morgan fingerprint density at radius 3 is 2.50 bits per heavy atom. The summed E-state index contributed by atoms with van der Waals surface area (Å²) in [6.45, 7) is 3.16. The molecule has 1 aromatic heterocycles. The predicted molar refractivity (Wildman–Crippen MR) is 99.4 cm³/mol. The van der Waals surface area contributed by atoms with Crippen LogP contribution in [0.3, 0.4) is 0 Å². The van der Waals surface area contributed by atoms with E-state index in [9.17, 15) is 5.11 Å². The van der Waals surface area contributed by atoms with Crippen LogP contribution in [0.2, 0.25) is 0 Å². The zero-order valence-electron chi connectivity index (χ0n) is 14.2. The number of hydrogen-bond acceptors (Lipinski definition) is 4. The molecule has 0 spiro atoms. The van der Waals surface area contributed by atoms with Crippen molar-refractivity contribution in [3.63, 3.8) is 0 Å². The van der Waals surface area contributed by atoms with Gasteiger partial charge in [0.1, 0.15) is 11.6 Å². The number of nitrogens with zero attached hydrogens (tertiary/aromatic N) is 3. The summed E-state index contributed by atoms with van der Waals surface area (Å²) < 4.78 is 0. The van der Waals surface area contributed by atoms with Crippen LogP contribution in [0, 0.1) is 0 Å². The minimum Gasteiger partial charge on any atom is -0.507 e. The molecule has 0 atom stereocenters. The molecule has 0 saturated carbocycles. The van der Waals surface area contributed by atoms with Gasteiger partial charge in [-0.25, -0.2) is 9.97 Å². The van der Waals surface area contributed by atoms with Crippen molar-refractivity contribution in [2.24, 2.45) is 0 Å². The van der Waals surface area contributed by atoms with Gasteiger partial charge in [-0.15, -0.1) is 0 Å². The zero-order valence-corrected chi connectivity index (χ0v) is 14.2. The number of benzene rings is 2. The molecule has 0 aliphatic carbocycles. The van der Waals surface area contributed by atoms with E-state index in [2.05, 4.69) is 29.9 Å². The molecule has 4 heteroatoms. The standard InChI is InChI=1S/C20H23N3O/c1-3-4-9-14-23(2)20-15-10-5-7-12-17(15)21-19(22-20)16-11-6-8-13-18(16)24/h5-8,10-13,24H,3-4,9,14H2,1-2H3. The van der Waals surface area contributed by atoms with Crippen LogP contribution in [0.15, 0.2) is 48.5 Å². The van der Waals surface area contributed by atoms with Gasteiger partial charge < -0.3 is 10.0 Å². The maximum atomic E-state index is 10.1. The molecule has 24 heavy (non-hydrogen) atoms. The summed E-state index contributed by atoms with van der Waals surface area (Å²) in [5.74, 6) is 1.67. The van der Waals surface area contributed by atoms with Crippen molar-refractivity contribution in [3.8, 4) is 17.1 Å². The van der Waals surface area contributed by atoms with Crippen molar-refractivity contribution < 1.29 is 5.11 Å². The summed E-state index contributed by atoms with van der Waals surface area (Å²) in [7, 11) is 2.07. The van der Waals surface area contributed by atoms with Crippen LogP contribution in [-0.4, -0.2) is 28.7 Å². The first-order chi connectivity index (χ1) is 11.7. The van der Waals surface area contributed by atoms with Gasteiger partial charge in [0.05, 0.1) is 11.1 Å². The smallest absolute Gasteiger partial charge is 0.165 e. The minimum atomic E-state index is 0.201. The Morgan fingerprint density at radius 2 is 1.71 bits per heavy atom. The van der Waals surface area contributed by atoms with Gasteiger partial charge in [0.15, 0.2) is 5.82 Å². The van der Waals surface area contributed by atoms with E-state index in [0.29, 0.717) is 11.4 Å². The van der Waals surface area contributed by atoms with E-state index in [1.54, 1.807) is 12.1 Å². The second-order valence-corrected chi connectivity index (χ2v) is 6.03. The van der Waals surface area contributed by atoms with Gasteiger partial charge >= 0.3 is 0 Å². The van der Waals surface area contributed by atoms with Crippen molar-refractivity contribution >= 4 is 16.7 Å². The number of hydrogen-bond donors (Lipinski definition) is 1. The van der Waals surface area contributed by atoms with Crippen molar-refractivity contribution in [2.45, 2.75) is 26.2 Å². The molecule has 124 valence electrons. The number of anilines is 1. The molecular formula is C20H23N3O. The maximum Gasteiger partial charge on any atom is 0.165 e. The molecule has 0 radical (unpaired) electrons. The molecule has 0 saturated heterocycles. The SMILES string of the molecule is CCCCCN(C)c1nc(-c2ccccc2O)nc2ccccc12. The van der Waals surface area contributed by atoms with E-state index < -0.39 is 0 Å². The Morgan fingerprint density at radius 1 is 0.958 bits per heavy atom. The first-order valence-corrected chi connectivity index (χ1v) is 8.47. The van der Waals surface area contributed by atoms with Gasteiger partial charge in [-0.3, -0.25) is 0 Å². The van der Waals surface area contributed by atoms with Crippen LogP contribution >= 0.6 is 0 Å². The number of phenolic OH excluding ortho intramolecular Hbond substituents is 1. The highest BCUT2D eigenvalue weighted by Crippen LogP contribution is 2.31. The van der Waals surface area contributed by atoms with Gasteiger partial charge in [0.2, 0.25) is 0 Å². The second kappa shape index (κ2) is 7.30. The predicted octanol–water partition coefficient (Wildman–Crippen LogP) is 4.63. The molecule has 3 rings (SSSR count). The molecule has 0 amide bonds. The molecule has 0 fully saturated rings. The Labute approximate surface area is 142 Å². The Hall–Kier alpha value is -2.62. The molecule has 1 N–H and O–H groups in total. The first kappa shape index (κ1) is 16.2. The minimum absolute atomic E-state index is 0.201. The summed E-state index contributed by atoms with van der Waals surface area (Å²) in [5, 5.41) is 11.2. The van der Waals surface area contributed by atoms with E-state index in [-0.39, 0.29) is 5.75 Å². The molecule has 2 aromatic carbocycles. The average Bonchev–Trinajstić information content (AvgIpc) is 2.61. The summed E-state index contributed by atoms with van der Waals surface area (Å²) in [4.78, 5) is 11.6. The van der Waals surface area contributed by atoms with Gasteiger partial charge in [0.25, 0.3) is 0 Å². The molecule has 4 nitrogen and oxygen atoms in total. The molecular weight excluding hydrogens is 298 g/mol. The van der Waals surface area contributed by atoms with Gasteiger partial charge in [-0.05, 0) is 30.7 Å². The molecule has 0 bridgehead atoms. The number of rotatable bonds is 6. The lowest BCUT2D eigenvalue weighted by Gasteiger charge is -2.20. The third-order valence-electron chi connectivity index (χ3n) is 4.19. The largest absolute Gasteiger partial charge is 0.507 e. The topological polar surface area (TPSA) is 49.2 Å². The monoisotopic (exact) mass is 321 g/mol. The Kier molecular flexibility index (Phi) is 4.94. The fourth-order valence-corrected chi connectivity index (χ4v) is 2.84. The fraction of sp³-hybridized carbons (Fsp3) is 0.300. The van der Waals surface area contributed by atoms with E-state index in [0.717, 1.165) is 29.7 Å². The fourth-order valence-electron chi connectivity index (χ4n) is 2.84. The van der Waals surface area contributed by atoms with Crippen molar-refractivity contribution in [1.29, 1.82) is 0 Å². The molecule has 1 heterocycles. The van der Waals surface area contributed by atoms with Crippen LogP contribution in [0.25, 0.3) is 22.3 Å². The van der Waals surface area contributed by atoms with E-state index >= 15 is 0 Å². The normalized spacial score (nSPS) is 10.9. The summed E-state index contributed by atoms with van der Waals surface area (Å²) in [6, 6.07) is 15.2. The van der Waals surface area contributed by atoms with E-state index in [4.69, 9.17) is 4.98 Å². The first-order valence-electron chi connectivity index (χ1n) is 8.47. The number of fused-ring (bicyclic) bond motifs is 1. The Bertz CT molecular complexity index is 832. The van der Waals surface area contributed by atoms with Gasteiger partial charge in [-0.2, -0.15) is 0 Å². The third-order valence-corrected chi connectivity index (χ3v) is 4.19. The van der Waals surface area contributed by atoms with Crippen LogP contribution in [0.4, 0.5) is 5.82 Å². The van der Waals surface area contributed by atoms with Crippen LogP contribution in [0.5, 0.6) is 5.75 Å². The average molecular weight is 321 g/mol. The lowest BCUT2D eigenvalue weighted by Crippen LogP contribution is -2.20. The van der Waals surface area contributed by atoms with Crippen molar-refractivity contribution in [3.05, 3.63) is 48.5 Å². The highest BCUT2D eigenvalue weighted by Gasteiger charge is 2.14. The zero-order chi connectivity index (χ0) is 16.9. The highest BCUT2D eigenvalue weighted by atomic mass is 16.3. The van der Waals surface area contributed by atoms with Crippen LogP contribution in [-0.2, 0) is 0 Å². The molecule has 0 aliphatic rings. The number of aromatic hydroxyl groups is 1. The quantitative estimate of drug-likeness (QED) is 0.673. The van der Waals surface area contributed by atoms with Crippen molar-refractivity contribution in [2.75, 3.05) is 18.5 Å². The summed E-state index contributed by atoms with van der Waals surface area (Å²) in [6.07, 6.45) is 3.54. The molecule has 0 aliphatic heterocycles. The molecule has 0 unspecified atom stereocenters. The van der Waals surface area contributed by atoms with Gasteiger partial charge in [0, 0.05) is 19.0 Å². The van der Waals surface area contributed by atoms with E-state index in [1.165, 1.54) is 12.8 Å². The summed E-state index contributed by atoms with van der Waals surface area (Å²) in [5.41, 5.74) is 1.55. The van der Waals surface area contributed by atoms with Crippen molar-refractivity contribution in [1.82, 2.24) is 9.97 Å². The third kappa shape index (κ3) is 3.32.